The summed E-state index contributed by atoms with van der Waals surface area (Å²) in [5, 5.41) is 4.25. The second-order valence-corrected chi connectivity index (χ2v) is 10.5. The van der Waals surface area contributed by atoms with Crippen LogP contribution in [0.4, 0.5) is 15.8 Å². The summed E-state index contributed by atoms with van der Waals surface area (Å²) in [5.41, 5.74) is 1.68. The number of para-hydroxylation sites is 1. The minimum atomic E-state index is -4.11. The molecule has 4 rings (SSSR count). The van der Waals surface area contributed by atoms with Crippen molar-refractivity contribution in [2.75, 3.05) is 49.0 Å². The lowest BCUT2D eigenvalue weighted by Crippen LogP contribution is -2.52. The van der Waals surface area contributed by atoms with Crippen LogP contribution in [0.2, 0.25) is 0 Å². The van der Waals surface area contributed by atoms with Crippen molar-refractivity contribution in [2.24, 2.45) is 7.05 Å². The molecule has 36 heavy (non-hydrogen) atoms. The van der Waals surface area contributed by atoms with Gasteiger partial charge in [0.15, 0.2) is 0 Å². The number of hydrogen-bond acceptors (Lipinski definition) is 6. The van der Waals surface area contributed by atoms with E-state index in [0.717, 1.165) is 4.31 Å². The Bertz CT molecular complexity index is 1350. The van der Waals surface area contributed by atoms with Crippen molar-refractivity contribution in [1.29, 1.82) is 0 Å². The third-order valence-electron chi connectivity index (χ3n) is 6.46. The van der Waals surface area contributed by atoms with Gasteiger partial charge in [-0.2, -0.15) is 5.10 Å². The number of halogens is 1. The molecule has 0 N–H and O–H groups in total. The topological polar surface area (TPSA) is 88.0 Å². The van der Waals surface area contributed by atoms with E-state index in [2.05, 4.69) is 5.10 Å². The van der Waals surface area contributed by atoms with Gasteiger partial charge in [-0.3, -0.25) is 13.8 Å². The van der Waals surface area contributed by atoms with Gasteiger partial charge in [-0.1, -0.05) is 12.1 Å². The molecule has 0 radical (unpaired) electrons. The van der Waals surface area contributed by atoms with Gasteiger partial charge in [0.05, 0.1) is 29.9 Å². The van der Waals surface area contributed by atoms with Crippen LogP contribution in [0.15, 0.2) is 53.4 Å². The van der Waals surface area contributed by atoms with E-state index in [-0.39, 0.29) is 23.2 Å². The molecule has 0 unspecified atom stereocenters. The average Bonchev–Trinajstić information content (AvgIpc) is 3.14. The molecule has 1 aliphatic rings. The fourth-order valence-electron chi connectivity index (χ4n) is 4.43. The molecule has 2 aromatic carbocycles. The summed E-state index contributed by atoms with van der Waals surface area (Å²) in [6.45, 7) is 4.55. The minimum Gasteiger partial charge on any atom is -0.497 e. The first-order chi connectivity index (χ1) is 17.1. The number of hydrogen-bond donors (Lipinski definition) is 0. The highest BCUT2D eigenvalue weighted by Gasteiger charge is 2.34. The summed E-state index contributed by atoms with van der Waals surface area (Å²) in [7, 11) is -0.902. The Morgan fingerprint density at radius 2 is 1.69 bits per heavy atom. The molecule has 0 atom stereocenters. The van der Waals surface area contributed by atoms with Crippen molar-refractivity contribution in [2.45, 2.75) is 18.7 Å². The fraction of sp³-hybridized carbons (Fsp3) is 0.360. The highest BCUT2D eigenvalue weighted by molar-refractivity contribution is 7.93. The number of benzene rings is 2. The van der Waals surface area contributed by atoms with E-state index in [9.17, 15) is 17.6 Å². The van der Waals surface area contributed by atoms with Crippen LogP contribution in [-0.2, 0) is 21.9 Å². The Morgan fingerprint density at radius 3 is 2.25 bits per heavy atom. The smallest absolute Gasteiger partial charge is 0.268 e. The van der Waals surface area contributed by atoms with Crippen LogP contribution in [0.3, 0.4) is 0 Å². The van der Waals surface area contributed by atoms with Crippen LogP contribution >= 0.6 is 0 Å². The fourth-order valence-corrected chi connectivity index (χ4v) is 6.25. The van der Waals surface area contributed by atoms with E-state index in [0.29, 0.717) is 54.7 Å². The van der Waals surface area contributed by atoms with E-state index < -0.39 is 10.0 Å². The standard InChI is InChI=1S/C25H30FN5O4S/c1-18-25(19(2)28(3)27-18)36(33,34)31(20-9-11-21(35-4)12-10-20)17-24(32)30-15-13-29(14-16-30)23-8-6-5-7-22(23)26/h5-12H,13-17H2,1-4H3. The molecule has 1 amide bonds. The van der Waals surface area contributed by atoms with Gasteiger partial charge in [0, 0.05) is 33.2 Å². The van der Waals surface area contributed by atoms with Gasteiger partial charge in [0.2, 0.25) is 5.91 Å². The minimum absolute atomic E-state index is 0.0815. The quantitative estimate of drug-likeness (QED) is 0.481. The van der Waals surface area contributed by atoms with Crippen LogP contribution in [-0.4, -0.2) is 68.8 Å². The van der Waals surface area contributed by atoms with E-state index in [1.54, 1.807) is 68.3 Å². The summed E-state index contributed by atoms with van der Waals surface area (Å²) in [6, 6.07) is 13.1. The van der Waals surface area contributed by atoms with Gasteiger partial charge in [0.25, 0.3) is 10.0 Å². The van der Waals surface area contributed by atoms with E-state index in [4.69, 9.17) is 4.74 Å². The second kappa shape index (κ2) is 10.2. The summed E-state index contributed by atoms with van der Waals surface area (Å²) in [5.74, 6) is -0.0709. The lowest BCUT2D eigenvalue weighted by atomic mass is 10.2. The van der Waals surface area contributed by atoms with Gasteiger partial charge in [0.1, 0.15) is 23.0 Å². The number of aromatic nitrogens is 2. The number of sulfonamides is 1. The van der Waals surface area contributed by atoms with Crippen molar-refractivity contribution in [3.05, 3.63) is 65.7 Å². The molecular formula is C25H30FN5O4S. The Kier molecular flexibility index (Phi) is 7.21. The molecule has 0 saturated carbocycles. The SMILES string of the molecule is COc1ccc(N(CC(=O)N2CCN(c3ccccc3F)CC2)S(=O)(=O)c2c(C)nn(C)c2C)cc1. The predicted molar refractivity (Wildman–Crippen MR) is 135 cm³/mol. The molecule has 1 aliphatic heterocycles. The summed E-state index contributed by atoms with van der Waals surface area (Å²) in [6.07, 6.45) is 0. The van der Waals surface area contributed by atoms with Gasteiger partial charge < -0.3 is 14.5 Å². The van der Waals surface area contributed by atoms with E-state index >= 15 is 0 Å². The Labute approximate surface area is 210 Å². The molecule has 1 aromatic heterocycles. The van der Waals surface area contributed by atoms with Crippen LogP contribution < -0.4 is 13.9 Å². The number of amides is 1. The molecule has 0 spiro atoms. The highest BCUT2D eigenvalue weighted by atomic mass is 32.2. The number of methoxy groups -OCH3 is 1. The number of carbonyl (C=O) groups is 1. The lowest BCUT2D eigenvalue weighted by Gasteiger charge is -2.37. The largest absolute Gasteiger partial charge is 0.497 e. The van der Waals surface area contributed by atoms with Crippen LogP contribution in [0.1, 0.15) is 11.4 Å². The second-order valence-electron chi connectivity index (χ2n) is 8.65. The highest BCUT2D eigenvalue weighted by Crippen LogP contribution is 2.29. The Balaban J connectivity index is 1.59. The number of anilines is 2. The molecule has 192 valence electrons. The number of piperazine rings is 1. The van der Waals surface area contributed by atoms with Gasteiger partial charge in [-0.15, -0.1) is 0 Å². The van der Waals surface area contributed by atoms with Crippen LogP contribution in [0.25, 0.3) is 0 Å². The summed E-state index contributed by atoms with van der Waals surface area (Å²) in [4.78, 5) is 16.9. The van der Waals surface area contributed by atoms with Gasteiger partial charge >= 0.3 is 0 Å². The van der Waals surface area contributed by atoms with Crippen molar-refractivity contribution >= 4 is 27.3 Å². The maximum atomic E-state index is 14.2. The average molecular weight is 516 g/mol. The molecule has 3 aromatic rings. The number of aryl methyl sites for hydroxylation is 2. The zero-order valence-corrected chi connectivity index (χ0v) is 21.6. The molecule has 0 bridgehead atoms. The van der Waals surface area contributed by atoms with Crippen molar-refractivity contribution < 1.29 is 22.3 Å². The van der Waals surface area contributed by atoms with Gasteiger partial charge in [-0.05, 0) is 50.2 Å². The lowest BCUT2D eigenvalue weighted by molar-refractivity contribution is -0.129. The van der Waals surface area contributed by atoms with E-state index in [1.165, 1.54) is 17.9 Å². The number of rotatable bonds is 7. The maximum absolute atomic E-state index is 14.2. The number of carbonyl (C=O) groups excluding carboxylic acids is 1. The zero-order valence-electron chi connectivity index (χ0n) is 20.8. The maximum Gasteiger partial charge on any atom is 0.268 e. The van der Waals surface area contributed by atoms with Gasteiger partial charge in [-0.25, -0.2) is 12.8 Å². The third-order valence-corrected chi connectivity index (χ3v) is 8.48. The molecule has 9 nitrogen and oxygen atoms in total. The number of nitrogens with zero attached hydrogens (tertiary/aromatic N) is 5. The Hall–Kier alpha value is -3.60. The molecule has 2 heterocycles. The molecule has 1 saturated heterocycles. The first-order valence-corrected chi connectivity index (χ1v) is 13.0. The van der Waals surface area contributed by atoms with Crippen LogP contribution in [0.5, 0.6) is 5.75 Å². The van der Waals surface area contributed by atoms with Crippen molar-refractivity contribution in [1.82, 2.24) is 14.7 Å². The summed E-state index contributed by atoms with van der Waals surface area (Å²) >= 11 is 0. The first kappa shape index (κ1) is 25.5. The van der Waals surface area contributed by atoms with E-state index in [1.807, 2.05) is 4.90 Å². The predicted octanol–water partition coefficient (Wildman–Crippen LogP) is 2.73. The summed E-state index contributed by atoms with van der Waals surface area (Å²) < 4.78 is 49.7. The van der Waals surface area contributed by atoms with Crippen molar-refractivity contribution in [3.8, 4) is 5.75 Å². The molecule has 11 heteroatoms. The molecule has 1 fully saturated rings. The third kappa shape index (κ3) is 4.88. The Morgan fingerprint density at radius 1 is 1.06 bits per heavy atom. The van der Waals surface area contributed by atoms with Crippen LogP contribution in [0, 0.1) is 19.7 Å². The monoisotopic (exact) mass is 515 g/mol. The molecule has 0 aliphatic carbocycles. The number of ether oxygens (including phenoxy) is 1. The van der Waals surface area contributed by atoms with Crippen molar-refractivity contribution in [3.63, 3.8) is 0 Å². The normalized spacial score (nSPS) is 14.1. The first-order valence-electron chi connectivity index (χ1n) is 11.6. The zero-order chi connectivity index (χ0) is 26.0. The molecular weight excluding hydrogens is 485 g/mol.